The van der Waals surface area contributed by atoms with Gasteiger partial charge in [0.25, 0.3) is 11.5 Å². The minimum atomic E-state index is -0.215. The molecule has 0 radical (unpaired) electrons. The monoisotopic (exact) mass is 392 g/mol. The van der Waals surface area contributed by atoms with Crippen molar-refractivity contribution in [3.63, 3.8) is 0 Å². The van der Waals surface area contributed by atoms with Crippen LogP contribution in [-0.2, 0) is 11.3 Å². The van der Waals surface area contributed by atoms with Gasteiger partial charge < -0.3 is 10.2 Å². The number of hydrogen-bond acceptors (Lipinski definition) is 4. The second kappa shape index (κ2) is 9.14. The van der Waals surface area contributed by atoms with Gasteiger partial charge in [-0.25, -0.2) is 4.98 Å². The first kappa shape index (κ1) is 20.3. The smallest absolute Gasteiger partial charge is 0.261 e. The molecule has 2 amide bonds. The first-order valence-electron chi connectivity index (χ1n) is 9.66. The summed E-state index contributed by atoms with van der Waals surface area (Å²) in [5.41, 5.74) is 1.66. The molecule has 0 unspecified atom stereocenters. The average molecular weight is 392 g/mol. The number of nitrogens with one attached hydrogen (secondary N) is 1. The van der Waals surface area contributed by atoms with E-state index in [2.05, 4.69) is 10.3 Å². The predicted molar refractivity (Wildman–Crippen MR) is 113 cm³/mol. The Hall–Kier alpha value is -3.48. The summed E-state index contributed by atoms with van der Waals surface area (Å²) < 4.78 is 1.44. The van der Waals surface area contributed by atoms with Crippen LogP contribution in [0.4, 0.5) is 5.69 Å². The third-order valence-corrected chi connectivity index (χ3v) is 4.78. The summed E-state index contributed by atoms with van der Waals surface area (Å²) in [5, 5.41) is 3.32. The van der Waals surface area contributed by atoms with Crippen LogP contribution in [0.2, 0.25) is 0 Å². The van der Waals surface area contributed by atoms with Gasteiger partial charge in [0.1, 0.15) is 0 Å². The number of aryl methyl sites for hydroxylation is 1. The number of carbonyl (C=O) groups is 2. The Bertz CT molecular complexity index is 1070. The molecule has 0 bridgehead atoms. The van der Waals surface area contributed by atoms with Crippen molar-refractivity contribution in [1.82, 2.24) is 14.5 Å². The normalized spacial score (nSPS) is 10.7. The van der Waals surface area contributed by atoms with E-state index >= 15 is 0 Å². The molecule has 2 aromatic carbocycles. The first-order chi connectivity index (χ1) is 14.0. The molecule has 7 nitrogen and oxygen atoms in total. The van der Waals surface area contributed by atoms with E-state index in [1.165, 1.54) is 10.9 Å². The fraction of sp³-hybridized carbons (Fsp3) is 0.273. The molecule has 0 aliphatic heterocycles. The SMILES string of the molecule is CCN(CC)C(=O)c1ccc(NC(=O)CCn2cnc3ccccc3c2=O)cc1. The molecule has 3 rings (SSSR count). The number of benzene rings is 2. The summed E-state index contributed by atoms with van der Waals surface area (Å²) in [4.78, 5) is 43.0. The van der Waals surface area contributed by atoms with Gasteiger partial charge in [0, 0.05) is 37.3 Å². The summed E-state index contributed by atoms with van der Waals surface area (Å²) in [6, 6.07) is 13.9. The van der Waals surface area contributed by atoms with E-state index in [9.17, 15) is 14.4 Å². The highest BCUT2D eigenvalue weighted by atomic mass is 16.2. The standard InChI is InChI=1S/C22H24N4O3/c1-3-25(4-2)21(28)16-9-11-17(12-10-16)24-20(27)13-14-26-15-23-19-8-6-5-7-18(19)22(26)29/h5-12,15H,3-4,13-14H2,1-2H3,(H,24,27). The van der Waals surface area contributed by atoms with Gasteiger partial charge in [-0.3, -0.25) is 19.0 Å². The summed E-state index contributed by atoms with van der Waals surface area (Å²) >= 11 is 0. The van der Waals surface area contributed by atoms with Crippen molar-refractivity contribution >= 4 is 28.4 Å². The van der Waals surface area contributed by atoms with Gasteiger partial charge in [-0.2, -0.15) is 0 Å². The van der Waals surface area contributed by atoms with E-state index in [-0.39, 0.29) is 30.3 Å². The van der Waals surface area contributed by atoms with E-state index < -0.39 is 0 Å². The van der Waals surface area contributed by atoms with E-state index in [1.807, 2.05) is 19.9 Å². The van der Waals surface area contributed by atoms with Crippen molar-refractivity contribution in [3.05, 3.63) is 70.8 Å². The van der Waals surface area contributed by atoms with Crippen LogP contribution in [0.5, 0.6) is 0 Å². The topological polar surface area (TPSA) is 84.3 Å². The third kappa shape index (κ3) is 4.68. The summed E-state index contributed by atoms with van der Waals surface area (Å²) in [5.74, 6) is -0.246. The van der Waals surface area contributed by atoms with E-state index in [4.69, 9.17) is 0 Å². The molecule has 3 aromatic rings. The van der Waals surface area contributed by atoms with Crippen LogP contribution in [0.25, 0.3) is 10.9 Å². The lowest BCUT2D eigenvalue weighted by Crippen LogP contribution is -2.30. The van der Waals surface area contributed by atoms with Crippen LogP contribution in [-0.4, -0.2) is 39.4 Å². The van der Waals surface area contributed by atoms with Crippen LogP contribution < -0.4 is 10.9 Å². The van der Waals surface area contributed by atoms with Crippen LogP contribution in [0.1, 0.15) is 30.6 Å². The van der Waals surface area contributed by atoms with Crippen LogP contribution in [0.3, 0.4) is 0 Å². The van der Waals surface area contributed by atoms with Crippen molar-refractivity contribution < 1.29 is 9.59 Å². The van der Waals surface area contributed by atoms with Crippen molar-refractivity contribution in [2.45, 2.75) is 26.8 Å². The van der Waals surface area contributed by atoms with Gasteiger partial charge in [0.15, 0.2) is 0 Å². The van der Waals surface area contributed by atoms with E-state index in [0.717, 1.165) is 0 Å². The molecular formula is C22H24N4O3. The second-order valence-corrected chi connectivity index (χ2v) is 6.61. The number of para-hydroxylation sites is 1. The molecule has 150 valence electrons. The molecule has 0 aliphatic rings. The second-order valence-electron chi connectivity index (χ2n) is 6.61. The molecule has 0 saturated carbocycles. The number of nitrogens with zero attached hydrogens (tertiary/aromatic N) is 3. The number of fused-ring (bicyclic) bond motifs is 1. The zero-order chi connectivity index (χ0) is 20.8. The molecule has 1 N–H and O–H groups in total. The molecule has 1 aromatic heterocycles. The molecule has 0 saturated heterocycles. The number of aromatic nitrogens is 2. The van der Waals surface area contributed by atoms with Gasteiger partial charge in [-0.15, -0.1) is 0 Å². The Morgan fingerprint density at radius 2 is 1.72 bits per heavy atom. The van der Waals surface area contributed by atoms with E-state index in [1.54, 1.807) is 47.4 Å². The summed E-state index contributed by atoms with van der Waals surface area (Å²) in [7, 11) is 0. The highest BCUT2D eigenvalue weighted by Gasteiger charge is 2.12. The fourth-order valence-electron chi connectivity index (χ4n) is 3.10. The van der Waals surface area contributed by atoms with Gasteiger partial charge in [0.05, 0.1) is 17.2 Å². The molecule has 0 fully saturated rings. The van der Waals surface area contributed by atoms with Gasteiger partial charge >= 0.3 is 0 Å². The third-order valence-electron chi connectivity index (χ3n) is 4.78. The summed E-state index contributed by atoms with van der Waals surface area (Å²) in [6.45, 7) is 5.41. The lowest BCUT2D eigenvalue weighted by molar-refractivity contribution is -0.116. The quantitative estimate of drug-likeness (QED) is 0.670. The number of anilines is 1. The molecule has 29 heavy (non-hydrogen) atoms. The first-order valence-corrected chi connectivity index (χ1v) is 9.66. The molecule has 0 atom stereocenters. The van der Waals surface area contributed by atoms with Crippen LogP contribution in [0.15, 0.2) is 59.7 Å². The van der Waals surface area contributed by atoms with Crippen molar-refractivity contribution in [2.24, 2.45) is 0 Å². The molecule has 1 heterocycles. The van der Waals surface area contributed by atoms with Gasteiger partial charge in [-0.1, -0.05) is 12.1 Å². The maximum atomic E-state index is 12.5. The highest BCUT2D eigenvalue weighted by Crippen LogP contribution is 2.12. The van der Waals surface area contributed by atoms with Gasteiger partial charge in [0.2, 0.25) is 5.91 Å². The van der Waals surface area contributed by atoms with Gasteiger partial charge in [-0.05, 0) is 50.2 Å². The van der Waals surface area contributed by atoms with Crippen molar-refractivity contribution in [3.8, 4) is 0 Å². The lowest BCUT2D eigenvalue weighted by Gasteiger charge is -2.18. The Morgan fingerprint density at radius 1 is 1.03 bits per heavy atom. The molecular weight excluding hydrogens is 368 g/mol. The Labute approximate surface area is 169 Å². The number of rotatable bonds is 7. The Morgan fingerprint density at radius 3 is 2.41 bits per heavy atom. The Balaban J connectivity index is 1.61. The minimum Gasteiger partial charge on any atom is -0.339 e. The predicted octanol–water partition coefficient (Wildman–Crippen LogP) is 2.91. The zero-order valence-corrected chi connectivity index (χ0v) is 16.6. The zero-order valence-electron chi connectivity index (χ0n) is 16.6. The number of amides is 2. The van der Waals surface area contributed by atoms with Crippen molar-refractivity contribution in [2.75, 3.05) is 18.4 Å². The highest BCUT2D eigenvalue weighted by molar-refractivity contribution is 5.95. The fourth-order valence-corrected chi connectivity index (χ4v) is 3.10. The largest absolute Gasteiger partial charge is 0.339 e. The van der Waals surface area contributed by atoms with E-state index in [0.29, 0.717) is 35.2 Å². The number of hydrogen-bond donors (Lipinski definition) is 1. The maximum absolute atomic E-state index is 12.5. The van der Waals surface area contributed by atoms with Crippen LogP contribution in [0, 0.1) is 0 Å². The summed E-state index contributed by atoms with van der Waals surface area (Å²) in [6.07, 6.45) is 1.60. The minimum absolute atomic E-state index is 0.0314. The van der Waals surface area contributed by atoms with Crippen LogP contribution >= 0.6 is 0 Å². The molecule has 0 aliphatic carbocycles. The molecule has 0 spiro atoms. The number of carbonyl (C=O) groups excluding carboxylic acids is 2. The maximum Gasteiger partial charge on any atom is 0.261 e. The lowest BCUT2D eigenvalue weighted by atomic mass is 10.1. The molecule has 7 heteroatoms. The van der Waals surface area contributed by atoms with Crippen molar-refractivity contribution in [1.29, 1.82) is 0 Å². The Kier molecular flexibility index (Phi) is 6.39. The average Bonchev–Trinajstić information content (AvgIpc) is 2.75.